The van der Waals surface area contributed by atoms with Gasteiger partial charge in [0.05, 0.1) is 0 Å². The molecule has 0 spiro atoms. The van der Waals surface area contributed by atoms with Crippen molar-refractivity contribution in [3.05, 3.63) is 23.9 Å². The Kier molecular flexibility index (Phi) is 4.74. The maximum Gasteiger partial charge on any atom is 0.240 e. The van der Waals surface area contributed by atoms with Gasteiger partial charge in [0.1, 0.15) is 11.9 Å². The van der Waals surface area contributed by atoms with Crippen LogP contribution < -0.4 is 16.0 Å². The van der Waals surface area contributed by atoms with Crippen LogP contribution in [0, 0.1) is 0 Å². The lowest BCUT2D eigenvalue weighted by atomic mass is 10.0. The van der Waals surface area contributed by atoms with Gasteiger partial charge < -0.3 is 16.0 Å². The van der Waals surface area contributed by atoms with Gasteiger partial charge in [-0.1, -0.05) is 13.0 Å². The van der Waals surface area contributed by atoms with Gasteiger partial charge in [-0.25, -0.2) is 4.98 Å². The number of nitrogens with one attached hydrogen (secondary N) is 1. The number of carbonyl (C=O) groups is 1. The van der Waals surface area contributed by atoms with E-state index < -0.39 is 0 Å². The first-order chi connectivity index (χ1) is 9.22. The van der Waals surface area contributed by atoms with E-state index in [9.17, 15) is 4.79 Å². The summed E-state index contributed by atoms with van der Waals surface area (Å²) < 4.78 is 0. The van der Waals surface area contributed by atoms with Crippen LogP contribution in [0.3, 0.4) is 0 Å². The van der Waals surface area contributed by atoms with E-state index in [1.165, 1.54) is 0 Å². The highest BCUT2D eigenvalue weighted by atomic mass is 16.1. The Balaban J connectivity index is 2.09. The number of nitrogens with zero attached hydrogens (tertiary/aromatic N) is 2. The van der Waals surface area contributed by atoms with Gasteiger partial charge in [-0.3, -0.25) is 4.79 Å². The molecule has 1 fully saturated rings. The predicted octanol–water partition coefficient (Wildman–Crippen LogP) is 1.04. The van der Waals surface area contributed by atoms with E-state index in [1.54, 1.807) is 0 Å². The number of hydrogen-bond acceptors (Lipinski definition) is 4. The molecule has 5 nitrogen and oxygen atoms in total. The minimum Gasteiger partial charge on any atom is -0.368 e. The first kappa shape index (κ1) is 13.8. The summed E-state index contributed by atoms with van der Waals surface area (Å²) in [6, 6.07) is 3.83. The fraction of sp³-hybridized carbons (Fsp3) is 0.571. The summed E-state index contributed by atoms with van der Waals surface area (Å²) in [5.74, 6) is 0.599. The van der Waals surface area contributed by atoms with Crippen LogP contribution in [0.15, 0.2) is 18.3 Å². The Labute approximate surface area is 114 Å². The third-order valence-corrected chi connectivity index (χ3v) is 3.51. The number of pyridine rings is 1. The van der Waals surface area contributed by atoms with Crippen molar-refractivity contribution in [2.75, 3.05) is 18.0 Å². The number of nitrogens with two attached hydrogens (primary N) is 1. The minimum absolute atomic E-state index is 0.208. The Morgan fingerprint density at radius 1 is 1.53 bits per heavy atom. The predicted molar refractivity (Wildman–Crippen MR) is 75.8 cm³/mol. The standard InChI is InChI=1S/C14H22N4O/c1-2-16-9-11-6-7-13(17-10-11)18-8-4-3-5-12(18)14(15)19/h6-7,10,12,16H,2-5,8-9H2,1H3,(H2,15,19). The monoisotopic (exact) mass is 262 g/mol. The summed E-state index contributed by atoms with van der Waals surface area (Å²) in [6.07, 6.45) is 4.84. The smallest absolute Gasteiger partial charge is 0.240 e. The lowest BCUT2D eigenvalue weighted by molar-refractivity contribution is -0.119. The van der Waals surface area contributed by atoms with Gasteiger partial charge in [0.15, 0.2) is 0 Å². The number of primary amides is 1. The number of aromatic nitrogens is 1. The molecule has 104 valence electrons. The molecule has 1 aliphatic rings. The van der Waals surface area contributed by atoms with Crippen molar-refractivity contribution in [1.82, 2.24) is 10.3 Å². The zero-order valence-electron chi connectivity index (χ0n) is 11.4. The maximum atomic E-state index is 11.5. The van der Waals surface area contributed by atoms with Crippen molar-refractivity contribution < 1.29 is 4.79 Å². The van der Waals surface area contributed by atoms with Gasteiger partial charge >= 0.3 is 0 Å². The molecule has 0 aromatic carbocycles. The van der Waals surface area contributed by atoms with E-state index in [0.717, 1.165) is 50.3 Å². The Bertz CT molecular complexity index is 418. The van der Waals surface area contributed by atoms with Crippen LogP contribution in [-0.4, -0.2) is 30.0 Å². The van der Waals surface area contributed by atoms with Crippen LogP contribution >= 0.6 is 0 Å². The molecule has 0 aliphatic carbocycles. The second kappa shape index (κ2) is 6.52. The Morgan fingerprint density at radius 2 is 2.37 bits per heavy atom. The highest BCUT2D eigenvalue weighted by Gasteiger charge is 2.27. The number of anilines is 1. The van der Waals surface area contributed by atoms with Gasteiger partial charge in [-0.05, 0) is 37.4 Å². The lowest BCUT2D eigenvalue weighted by Gasteiger charge is -2.34. The van der Waals surface area contributed by atoms with E-state index in [0.29, 0.717) is 0 Å². The highest BCUT2D eigenvalue weighted by molar-refractivity contribution is 5.83. The van der Waals surface area contributed by atoms with Crippen molar-refractivity contribution in [3.63, 3.8) is 0 Å². The molecular weight excluding hydrogens is 240 g/mol. The molecule has 0 radical (unpaired) electrons. The molecule has 0 saturated carbocycles. The Hall–Kier alpha value is -1.62. The molecule has 1 unspecified atom stereocenters. The fourth-order valence-electron chi connectivity index (χ4n) is 2.46. The fourth-order valence-corrected chi connectivity index (χ4v) is 2.46. The zero-order valence-corrected chi connectivity index (χ0v) is 11.4. The van der Waals surface area contributed by atoms with Crippen molar-refractivity contribution >= 4 is 11.7 Å². The summed E-state index contributed by atoms with van der Waals surface area (Å²) >= 11 is 0. The average molecular weight is 262 g/mol. The van der Waals surface area contributed by atoms with Crippen molar-refractivity contribution in [2.24, 2.45) is 5.73 Å². The van der Waals surface area contributed by atoms with Crippen molar-refractivity contribution in [2.45, 2.75) is 38.8 Å². The van der Waals surface area contributed by atoms with Crippen LogP contribution in [0.2, 0.25) is 0 Å². The van der Waals surface area contributed by atoms with Crippen LogP contribution in [0.1, 0.15) is 31.7 Å². The third-order valence-electron chi connectivity index (χ3n) is 3.51. The molecule has 5 heteroatoms. The van der Waals surface area contributed by atoms with Gasteiger partial charge in [-0.2, -0.15) is 0 Å². The van der Waals surface area contributed by atoms with Crippen LogP contribution in [-0.2, 0) is 11.3 Å². The quantitative estimate of drug-likeness (QED) is 0.831. The molecule has 1 atom stereocenters. The van der Waals surface area contributed by atoms with Crippen LogP contribution in [0.25, 0.3) is 0 Å². The highest BCUT2D eigenvalue weighted by Crippen LogP contribution is 2.23. The van der Waals surface area contributed by atoms with Crippen LogP contribution in [0.4, 0.5) is 5.82 Å². The van der Waals surface area contributed by atoms with E-state index in [4.69, 9.17) is 5.73 Å². The molecule has 0 bridgehead atoms. The number of hydrogen-bond donors (Lipinski definition) is 2. The molecule has 1 aromatic heterocycles. The summed E-state index contributed by atoms with van der Waals surface area (Å²) in [6.45, 7) is 4.70. The minimum atomic E-state index is -0.252. The largest absolute Gasteiger partial charge is 0.368 e. The number of rotatable bonds is 5. The number of amides is 1. The summed E-state index contributed by atoms with van der Waals surface area (Å²) in [4.78, 5) is 18.0. The van der Waals surface area contributed by atoms with E-state index in [-0.39, 0.29) is 11.9 Å². The second-order valence-corrected chi connectivity index (χ2v) is 4.91. The lowest BCUT2D eigenvalue weighted by Crippen LogP contribution is -2.48. The maximum absolute atomic E-state index is 11.5. The molecular formula is C14H22N4O. The van der Waals surface area contributed by atoms with Crippen molar-refractivity contribution in [1.29, 1.82) is 0 Å². The molecule has 3 N–H and O–H groups in total. The number of carbonyl (C=O) groups excluding carboxylic acids is 1. The van der Waals surface area contributed by atoms with Gasteiger partial charge in [0, 0.05) is 19.3 Å². The molecule has 2 heterocycles. The van der Waals surface area contributed by atoms with Gasteiger partial charge in [-0.15, -0.1) is 0 Å². The Morgan fingerprint density at radius 3 is 3.00 bits per heavy atom. The molecule has 1 amide bonds. The first-order valence-corrected chi connectivity index (χ1v) is 6.94. The average Bonchev–Trinajstić information content (AvgIpc) is 2.45. The molecule has 19 heavy (non-hydrogen) atoms. The topological polar surface area (TPSA) is 71.2 Å². The molecule has 1 aromatic rings. The van der Waals surface area contributed by atoms with E-state index >= 15 is 0 Å². The molecule has 1 saturated heterocycles. The van der Waals surface area contributed by atoms with E-state index in [1.807, 2.05) is 17.2 Å². The number of piperidine rings is 1. The first-order valence-electron chi connectivity index (χ1n) is 6.94. The van der Waals surface area contributed by atoms with Gasteiger partial charge in [0.25, 0.3) is 0 Å². The SMILES string of the molecule is CCNCc1ccc(N2CCCCC2C(N)=O)nc1. The summed E-state index contributed by atoms with van der Waals surface area (Å²) in [5.41, 5.74) is 6.62. The normalized spacial score (nSPS) is 19.4. The van der Waals surface area contributed by atoms with E-state index in [2.05, 4.69) is 23.3 Å². The molecule has 1 aliphatic heterocycles. The van der Waals surface area contributed by atoms with Crippen LogP contribution in [0.5, 0.6) is 0 Å². The second-order valence-electron chi connectivity index (χ2n) is 4.91. The summed E-state index contributed by atoms with van der Waals surface area (Å²) in [5, 5.41) is 3.26. The molecule has 2 rings (SSSR count). The summed E-state index contributed by atoms with van der Waals surface area (Å²) in [7, 11) is 0. The van der Waals surface area contributed by atoms with Crippen molar-refractivity contribution in [3.8, 4) is 0 Å². The third kappa shape index (κ3) is 3.44. The van der Waals surface area contributed by atoms with Gasteiger partial charge in [0.2, 0.25) is 5.91 Å². The zero-order chi connectivity index (χ0) is 13.7.